The highest BCUT2D eigenvalue weighted by molar-refractivity contribution is 6.33. The van der Waals surface area contributed by atoms with Crippen LogP contribution in [0.4, 0.5) is 16.4 Å². The molecule has 2 amide bonds. The van der Waals surface area contributed by atoms with E-state index in [1.54, 1.807) is 30.5 Å². The monoisotopic (exact) mass is 561 g/mol. The van der Waals surface area contributed by atoms with Gasteiger partial charge < -0.3 is 15.7 Å². The molecule has 4 N–H and O–H groups in total. The number of amides is 2. The molecule has 1 aliphatic rings. The summed E-state index contributed by atoms with van der Waals surface area (Å²) in [7, 11) is 0. The summed E-state index contributed by atoms with van der Waals surface area (Å²) >= 11 is 6.45. The first-order valence-electron chi connectivity index (χ1n) is 13.3. The zero-order valence-electron chi connectivity index (χ0n) is 22.6. The van der Waals surface area contributed by atoms with Gasteiger partial charge in [0, 0.05) is 34.3 Å². The quantitative estimate of drug-likeness (QED) is 0.223. The molecule has 0 spiro atoms. The Kier molecular flexibility index (Phi) is 7.62. The summed E-state index contributed by atoms with van der Waals surface area (Å²) in [4.78, 5) is 35.1. The zero-order chi connectivity index (χ0) is 28.4. The molecule has 2 aromatic carbocycles. The third-order valence-electron chi connectivity index (χ3n) is 7.03. The Bertz CT molecular complexity index is 1530. The molecule has 40 heavy (non-hydrogen) atoms. The van der Waals surface area contributed by atoms with E-state index in [1.807, 2.05) is 45.0 Å². The predicted molar refractivity (Wildman–Crippen MR) is 156 cm³/mol. The molecule has 5 rings (SSSR count). The van der Waals surface area contributed by atoms with Crippen molar-refractivity contribution in [1.29, 1.82) is 0 Å². The third-order valence-corrected chi connectivity index (χ3v) is 7.31. The second-order valence-corrected chi connectivity index (χ2v) is 11.4. The number of anilines is 2. The molecule has 1 aliphatic carbocycles. The van der Waals surface area contributed by atoms with Crippen LogP contribution in [0.3, 0.4) is 0 Å². The molecular formula is C29H32ClN7O3. The molecular weight excluding hydrogens is 530 g/mol. The van der Waals surface area contributed by atoms with Crippen LogP contribution in [0.1, 0.15) is 56.8 Å². The largest absolute Gasteiger partial charge is 0.465 e. The molecule has 2 atom stereocenters. The Morgan fingerprint density at radius 3 is 2.50 bits per heavy atom. The Labute approximate surface area is 237 Å². The number of rotatable bonds is 6. The third kappa shape index (κ3) is 5.86. The predicted octanol–water partition coefficient (Wildman–Crippen LogP) is 6.11. The molecule has 4 aromatic rings. The molecule has 0 aliphatic heterocycles. The highest BCUT2D eigenvalue weighted by Gasteiger charge is 2.28. The van der Waals surface area contributed by atoms with Crippen LogP contribution >= 0.6 is 11.6 Å². The van der Waals surface area contributed by atoms with Crippen molar-refractivity contribution in [2.75, 3.05) is 10.2 Å². The SMILES string of the molecule is CC(C)(C)N(C(=O)O)c1ccc(C(=O)N[C@H]2CCC[C@@H](Nc3ncc(Cl)c(-c4n[nH]c5ccccc45)n3)C2)cc1. The van der Waals surface area contributed by atoms with Gasteiger partial charge in [-0.1, -0.05) is 29.8 Å². The number of benzene rings is 2. The zero-order valence-corrected chi connectivity index (χ0v) is 23.4. The first-order valence-corrected chi connectivity index (χ1v) is 13.6. The van der Waals surface area contributed by atoms with Crippen molar-refractivity contribution in [3.05, 3.63) is 65.3 Å². The smallest absolute Gasteiger partial charge is 0.412 e. The molecule has 2 aromatic heterocycles. The van der Waals surface area contributed by atoms with Crippen LogP contribution in [-0.4, -0.2) is 54.9 Å². The van der Waals surface area contributed by atoms with Crippen LogP contribution in [0.25, 0.3) is 22.3 Å². The second-order valence-electron chi connectivity index (χ2n) is 11.0. The number of nitrogens with zero attached hydrogens (tertiary/aromatic N) is 4. The van der Waals surface area contributed by atoms with Crippen molar-refractivity contribution in [2.45, 2.75) is 64.1 Å². The topological polar surface area (TPSA) is 136 Å². The van der Waals surface area contributed by atoms with Crippen LogP contribution in [0.2, 0.25) is 5.02 Å². The maximum atomic E-state index is 13.0. The number of carbonyl (C=O) groups is 2. The minimum atomic E-state index is -1.04. The molecule has 10 nitrogen and oxygen atoms in total. The van der Waals surface area contributed by atoms with E-state index in [2.05, 4.69) is 30.8 Å². The lowest BCUT2D eigenvalue weighted by Gasteiger charge is -2.33. The number of fused-ring (bicyclic) bond motifs is 1. The normalized spacial score (nSPS) is 17.4. The van der Waals surface area contributed by atoms with Gasteiger partial charge in [-0.3, -0.25) is 14.8 Å². The summed E-state index contributed by atoms with van der Waals surface area (Å²) in [6.07, 6.45) is 3.97. The Morgan fingerprint density at radius 2 is 1.77 bits per heavy atom. The summed E-state index contributed by atoms with van der Waals surface area (Å²) in [6.45, 7) is 5.47. The number of para-hydroxylation sites is 1. The lowest BCUT2D eigenvalue weighted by Crippen LogP contribution is -2.45. The molecule has 1 saturated carbocycles. The maximum absolute atomic E-state index is 13.0. The highest BCUT2D eigenvalue weighted by atomic mass is 35.5. The van der Waals surface area contributed by atoms with E-state index in [1.165, 1.54) is 4.90 Å². The molecule has 0 saturated heterocycles. The maximum Gasteiger partial charge on any atom is 0.412 e. The molecule has 208 valence electrons. The molecule has 0 unspecified atom stereocenters. The Hall–Kier alpha value is -4.18. The van der Waals surface area contributed by atoms with Gasteiger partial charge in [-0.25, -0.2) is 14.8 Å². The van der Waals surface area contributed by atoms with Crippen molar-refractivity contribution in [3.8, 4) is 11.4 Å². The number of nitrogens with one attached hydrogen (secondary N) is 3. The molecule has 1 fully saturated rings. The van der Waals surface area contributed by atoms with Crippen LogP contribution in [-0.2, 0) is 0 Å². The number of aromatic amines is 1. The average Bonchev–Trinajstić information content (AvgIpc) is 3.33. The molecule has 2 heterocycles. The average molecular weight is 562 g/mol. The summed E-state index contributed by atoms with van der Waals surface area (Å²) in [5.74, 6) is 0.270. The standard InChI is InChI=1S/C29H32ClN7O3/c1-29(2,3)37(28(39)40)20-13-11-17(12-14-20)26(38)32-18-7-6-8-19(15-18)33-27-31-16-22(30)25(34-27)24-21-9-4-5-10-23(21)35-36-24/h4-5,9-14,16,18-19H,6-8,15H2,1-3H3,(H,32,38)(H,35,36)(H,39,40)(H,31,33,34)/t18-,19+/m0/s1. The van der Waals surface area contributed by atoms with Crippen molar-refractivity contribution in [3.63, 3.8) is 0 Å². The van der Waals surface area contributed by atoms with Gasteiger partial charge in [-0.2, -0.15) is 5.10 Å². The number of H-pyrrole nitrogens is 1. The minimum Gasteiger partial charge on any atom is -0.465 e. The first-order chi connectivity index (χ1) is 19.1. The van der Waals surface area contributed by atoms with Gasteiger partial charge in [0.15, 0.2) is 0 Å². The minimum absolute atomic E-state index is 0.0226. The number of hydrogen-bond acceptors (Lipinski definition) is 6. The van der Waals surface area contributed by atoms with Crippen LogP contribution in [0, 0.1) is 0 Å². The summed E-state index contributed by atoms with van der Waals surface area (Å²) in [5, 5.41) is 24.9. The van der Waals surface area contributed by atoms with Gasteiger partial charge in [-0.05, 0) is 76.8 Å². The van der Waals surface area contributed by atoms with Gasteiger partial charge in [0.1, 0.15) is 11.4 Å². The van der Waals surface area contributed by atoms with E-state index < -0.39 is 11.6 Å². The van der Waals surface area contributed by atoms with E-state index in [9.17, 15) is 14.7 Å². The Morgan fingerprint density at radius 1 is 1.05 bits per heavy atom. The summed E-state index contributed by atoms with van der Waals surface area (Å²) < 4.78 is 0. The van der Waals surface area contributed by atoms with E-state index >= 15 is 0 Å². The second kappa shape index (κ2) is 11.1. The van der Waals surface area contributed by atoms with Crippen LogP contribution in [0.5, 0.6) is 0 Å². The van der Waals surface area contributed by atoms with Gasteiger partial charge in [0.05, 0.1) is 16.7 Å². The van der Waals surface area contributed by atoms with Crippen molar-refractivity contribution in [1.82, 2.24) is 25.5 Å². The van der Waals surface area contributed by atoms with Crippen LogP contribution in [0.15, 0.2) is 54.7 Å². The number of aromatic nitrogens is 4. The number of hydrogen-bond donors (Lipinski definition) is 4. The molecule has 0 radical (unpaired) electrons. The van der Waals surface area contributed by atoms with E-state index in [0.717, 1.165) is 30.2 Å². The number of carbonyl (C=O) groups excluding carboxylic acids is 1. The fourth-order valence-electron chi connectivity index (χ4n) is 5.20. The fraction of sp³-hybridized carbons (Fsp3) is 0.345. The Balaban J connectivity index is 1.24. The molecule has 0 bridgehead atoms. The summed E-state index contributed by atoms with van der Waals surface area (Å²) in [5.41, 5.74) is 2.50. The van der Waals surface area contributed by atoms with Gasteiger partial charge in [0.25, 0.3) is 5.91 Å². The fourth-order valence-corrected chi connectivity index (χ4v) is 5.38. The van der Waals surface area contributed by atoms with Gasteiger partial charge >= 0.3 is 6.09 Å². The van der Waals surface area contributed by atoms with Crippen molar-refractivity contribution >= 4 is 46.1 Å². The first kappa shape index (κ1) is 27.4. The van der Waals surface area contributed by atoms with Crippen molar-refractivity contribution in [2.24, 2.45) is 0 Å². The van der Waals surface area contributed by atoms with Crippen LogP contribution < -0.4 is 15.5 Å². The highest BCUT2D eigenvalue weighted by Crippen LogP contribution is 2.31. The van der Waals surface area contributed by atoms with Gasteiger partial charge in [-0.15, -0.1) is 0 Å². The van der Waals surface area contributed by atoms with Crippen molar-refractivity contribution < 1.29 is 14.7 Å². The number of halogens is 1. The van der Waals surface area contributed by atoms with E-state index in [0.29, 0.717) is 40.0 Å². The van der Waals surface area contributed by atoms with E-state index in [-0.39, 0.29) is 18.0 Å². The lowest BCUT2D eigenvalue weighted by molar-refractivity contribution is 0.0926. The summed E-state index contributed by atoms with van der Waals surface area (Å²) in [6, 6.07) is 14.5. The number of carboxylic acid groups (broad SMARTS) is 1. The molecule has 11 heteroatoms. The van der Waals surface area contributed by atoms with Gasteiger partial charge in [0.2, 0.25) is 5.95 Å². The van der Waals surface area contributed by atoms with E-state index in [4.69, 9.17) is 11.6 Å². The lowest BCUT2D eigenvalue weighted by atomic mass is 9.91.